The maximum Gasteiger partial charge on any atom is 0.181 e. The summed E-state index contributed by atoms with van der Waals surface area (Å²) in [6.45, 7) is 0. The van der Waals surface area contributed by atoms with Gasteiger partial charge < -0.3 is 4.42 Å². The molecule has 2 aromatic heterocycles. The highest BCUT2D eigenvalue weighted by Gasteiger charge is 2.06. The zero-order valence-electron chi connectivity index (χ0n) is 11.0. The smallest absolute Gasteiger partial charge is 0.181 e. The highest BCUT2D eigenvalue weighted by Crippen LogP contribution is 2.16. The summed E-state index contributed by atoms with van der Waals surface area (Å²) >= 11 is 0. The molecule has 0 amide bonds. The number of hydrogen-bond donors (Lipinski definition) is 0. The van der Waals surface area contributed by atoms with Gasteiger partial charge in [0, 0.05) is 24.4 Å². The van der Waals surface area contributed by atoms with E-state index in [0.717, 1.165) is 29.5 Å². The zero-order valence-corrected chi connectivity index (χ0v) is 11.0. The Hall–Kier alpha value is -2.49. The van der Waals surface area contributed by atoms with E-state index in [2.05, 4.69) is 9.97 Å². The first kappa shape index (κ1) is 12.5. The highest BCUT2D eigenvalue weighted by molar-refractivity contribution is 5.95. The van der Waals surface area contributed by atoms with Gasteiger partial charge in [-0.15, -0.1) is 0 Å². The van der Waals surface area contributed by atoms with Crippen LogP contribution >= 0.6 is 0 Å². The predicted octanol–water partition coefficient (Wildman–Crippen LogP) is 3.43. The minimum absolute atomic E-state index is 0.162. The Morgan fingerprint density at radius 3 is 2.85 bits per heavy atom. The van der Waals surface area contributed by atoms with Crippen molar-refractivity contribution in [3.8, 4) is 0 Å². The van der Waals surface area contributed by atoms with E-state index in [0.29, 0.717) is 6.42 Å². The van der Waals surface area contributed by atoms with E-state index in [-0.39, 0.29) is 5.78 Å². The van der Waals surface area contributed by atoms with E-state index < -0.39 is 0 Å². The molecule has 0 fully saturated rings. The molecule has 4 nitrogen and oxygen atoms in total. The monoisotopic (exact) mass is 266 g/mol. The fraction of sp³-hybridized carbons (Fsp3) is 0.188. The van der Waals surface area contributed by atoms with Crippen molar-refractivity contribution in [3.63, 3.8) is 0 Å². The van der Waals surface area contributed by atoms with Gasteiger partial charge in [0.25, 0.3) is 0 Å². The van der Waals surface area contributed by atoms with Crippen LogP contribution in [0.5, 0.6) is 0 Å². The van der Waals surface area contributed by atoms with Crippen LogP contribution < -0.4 is 0 Å². The van der Waals surface area contributed by atoms with E-state index in [4.69, 9.17) is 4.42 Å². The number of Topliss-reactive ketones (excluding diaryl/α,β-unsaturated/α-hetero) is 1. The maximum absolute atomic E-state index is 12.0. The van der Waals surface area contributed by atoms with Crippen molar-refractivity contribution in [3.05, 3.63) is 60.2 Å². The SMILES string of the molecule is O=C(CCCc1ccc2ocnc2c1)c1ccncc1. The lowest BCUT2D eigenvalue weighted by molar-refractivity contribution is 0.0980. The van der Waals surface area contributed by atoms with Gasteiger partial charge >= 0.3 is 0 Å². The van der Waals surface area contributed by atoms with E-state index >= 15 is 0 Å². The number of nitrogens with zero attached hydrogens (tertiary/aromatic N) is 2. The van der Waals surface area contributed by atoms with Gasteiger partial charge in [0.1, 0.15) is 5.52 Å². The molecule has 4 heteroatoms. The minimum Gasteiger partial charge on any atom is -0.443 e. The Morgan fingerprint density at radius 2 is 2.00 bits per heavy atom. The van der Waals surface area contributed by atoms with Crippen LogP contribution in [0.2, 0.25) is 0 Å². The maximum atomic E-state index is 12.0. The Morgan fingerprint density at radius 1 is 1.15 bits per heavy atom. The largest absolute Gasteiger partial charge is 0.443 e. The number of carbonyl (C=O) groups is 1. The number of rotatable bonds is 5. The molecular weight excluding hydrogens is 252 g/mol. The molecule has 1 aromatic carbocycles. The molecule has 0 aliphatic rings. The Bertz CT molecular complexity index is 719. The Kier molecular flexibility index (Phi) is 3.54. The number of hydrogen-bond acceptors (Lipinski definition) is 4. The Balaban J connectivity index is 1.58. The third kappa shape index (κ3) is 2.74. The van der Waals surface area contributed by atoms with Gasteiger partial charge in [0.05, 0.1) is 0 Å². The molecule has 0 saturated carbocycles. The molecule has 0 saturated heterocycles. The highest BCUT2D eigenvalue weighted by atomic mass is 16.3. The molecule has 0 unspecified atom stereocenters. The number of benzene rings is 1. The molecule has 0 N–H and O–H groups in total. The van der Waals surface area contributed by atoms with Crippen LogP contribution in [0, 0.1) is 0 Å². The summed E-state index contributed by atoms with van der Waals surface area (Å²) < 4.78 is 5.20. The molecule has 3 aromatic rings. The molecule has 0 atom stereocenters. The van der Waals surface area contributed by atoms with E-state index in [1.165, 1.54) is 12.0 Å². The van der Waals surface area contributed by atoms with Gasteiger partial charge in [-0.2, -0.15) is 0 Å². The van der Waals surface area contributed by atoms with Crippen LogP contribution in [-0.2, 0) is 6.42 Å². The normalized spacial score (nSPS) is 10.8. The van der Waals surface area contributed by atoms with Gasteiger partial charge in [-0.25, -0.2) is 4.98 Å². The molecule has 0 aliphatic carbocycles. The van der Waals surface area contributed by atoms with Crippen LogP contribution in [0.3, 0.4) is 0 Å². The number of carbonyl (C=O) groups excluding carboxylic acids is 1. The minimum atomic E-state index is 0.162. The molecule has 0 bridgehead atoms. The number of ketones is 1. The molecule has 0 aliphatic heterocycles. The average molecular weight is 266 g/mol. The summed E-state index contributed by atoms with van der Waals surface area (Å²) in [5.74, 6) is 0.162. The first-order chi connectivity index (χ1) is 9.83. The van der Waals surface area contributed by atoms with E-state index in [9.17, 15) is 4.79 Å². The fourth-order valence-electron chi connectivity index (χ4n) is 2.19. The summed E-state index contributed by atoms with van der Waals surface area (Å²) in [4.78, 5) is 20.0. The van der Waals surface area contributed by atoms with Crippen molar-refractivity contribution in [2.24, 2.45) is 0 Å². The third-order valence-corrected chi connectivity index (χ3v) is 3.27. The number of oxazole rings is 1. The zero-order chi connectivity index (χ0) is 13.8. The van der Waals surface area contributed by atoms with Crippen LogP contribution in [0.15, 0.2) is 53.5 Å². The van der Waals surface area contributed by atoms with Crippen molar-refractivity contribution >= 4 is 16.9 Å². The van der Waals surface area contributed by atoms with E-state index in [1.807, 2.05) is 18.2 Å². The van der Waals surface area contributed by atoms with Crippen molar-refractivity contribution in [2.45, 2.75) is 19.3 Å². The summed E-state index contributed by atoms with van der Waals surface area (Å²) in [6, 6.07) is 9.45. The van der Waals surface area contributed by atoms with Crippen molar-refractivity contribution < 1.29 is 9.21 Å². The molecule has 3 rings (SSSR count). The average Bonchev–Trinajstić information content (AvgIpc) is 2.95. The predicted molar refractivity (Wildman–Crippen MR) is 75.5 cm³/mol. The molecule has 100 valence electrons. The topological polar surface area (TPSA) is 56.0 Å². The first-order valence-electron chi connectivity index (χ1n) is 6.58. The molecular formula is C16H14N2O2. The van der Waals surface area contributed by atoms with E-state index in [1.54, 1.807) is 24.5 Å². The van der Waals surface area contributed by atoms with Gasteiger partial charge in [0.15, 0.2) is 17.8 Å². The summed E-state index contributed by atoms with van der Waals surface area (Å²) in [7, 11) is 0. The standard InChI is InChI=1S/C16H14N2O2/c19-15(13-6-8-17-9-7-13)3-1-2-12-4-5-16-14(10-12)18-11-20-16/h4-11H,1-3H2. The third-order valence-electron chi connectivity index (χ3n) is 3.27. The van der Waals surface area contributed by atoms with Crippen molar-refractivity contribution in [1.29, 1.82) is 0 Å². The Labute approximate surface area is 116 Å². The summed E-state index contributed by atoms with van der Waals surface area (Å²) in [5.41, 5.74) is 3.56. The molecule has 2 heterocycles. The number of fused-ring (bicyclic) bond motifs is 1. The van der Waals surface area contributed by atoms with Crippen LogP contribution in [0.25, 0.3) is 11.1 Å². The van der Waals surface area contributed by atoms with Gasteiger partial charge in [0.2, 0.25) is 0 Å². The second-order valence-electron chi connectivity index (χ2n) is 4.67. The molecule has 20 heavy (non-hydrogen) atoms. The van der Waals surface area contributed by atoms with Crippen molar-refractivity contribution in [2.75, 3.05) is 0 Å². The number of aromatic nitrogens is 2. The second kappa shape index (κ2) is 5.65. The van der Waals surface area contributed by atoms with Crippen LogP contribution in [0.1, 0.15) is 28.8 Å². The number of pyridine rings is 1. The second-order valence-corrected chi connectivity index (χ2v) is 4.67. The van der Waals surface area contributed by atoms with Gasteiger partial charge in [-0.1, -0.05) is 6.07 Å². The summed E-state index contributed by atoms with van der Waals surface area (Å²) in [6.07, 6.45) is 6.96. The lowest BCUT2D eigenvalue weighted by Gasteiger charge is -2.02. The van der Waals surface area contributed by atoms with Crippen LogP contribution in [0.4, 0.5) is 0 Å². The number of aryl methyl sites for hydroxylation is 1. The van der Waals surface area contributed by atoms with Gasteiger partial charge in [-0.3, -0.25) is 9.78 Å². The van der Waals surface area contributed by atoms with Gasteiger partial charge in [-0.05, 0) is 42.7 Å². The summed E-state index contributed by atoms with van der Waals surface area (Å²) in [5, 5.41) is 0. The molecule has 0 spiro atoms. The lowest BCUT2D eigenvalue weighted by Crippen LogP contribution is -2.00. The first-order valence-corrected chi connectivity index (χ1v) is 6.58. The van der Waals surface area contributed by atoms with Crippen LogP contribution in [-0.4, -0.2) is 15.8 Å². The van der Waals surface area contributed by atoms with Crippen molar-refractivity contribution in [1.82, 2.24) is 9.97 Å². The quantitative estimate of drug-likeness (QED) is 0.664. The molecule has 0 radical (unpaired) electrons. The lowest BCUT2D eigenvalue weighted by atomic mass is 10.0. The fourth-order valence-corrected chi connectivity index (χ4v) is 2.19.